The summed E-state index contributed by atoms with van der Waals surface area (Å²) in [5.41, 5.74) is 0.177. The lowest BCUT2D eigenvalue weighted by molar-refractivity contribution is -0.156. The summed E-state index contributed by atoms with van der Waals surface area (Å²) >= 11 is 5.66. The lowest BCUT2D eigenvalue weighted by Gasteiger charge is -2.37. The van der Waals surface area contributed by atoms with Crippen LogP contribution in [0.5, 0.6) is 0 Å². The van der Waals surface area contributed by atoms with Gasteiger partial charge in [-0.1, -0.05) is 22.4 Å². The SMILES string of the molecule is O=C(O)C1(Cn2nnnc2-c2cc(Br)ccc2I)CCC1. The first-order valence-corrected chi connectivity index (χ1v) is 8.34. The number of carboxylic acid groups (broad SMARTS) is 1. The molecule has 1 fully saturated rings. The van der Waals surface area contributed by atoms with Gasteiger partial charge in [0.1, 0.15) is 0 Å². The molecule has 0 atom stereocenters. The molecular formula is C13H12BrIN4O2. The van der Waals surface area contributed by atoms with Gasteiger partial charge in [-0.2, -0.15) is 0 Å². The normalized spacial score (nSPS) is 16.5. The fourth-order valence-electron chi connectivity index (χ4n) is 2.50. The molecule has 8 heteroatoms. The fraction of sp³-hybridized carbons (Fsp3) is 0.385. The summed E-state index contributed by atoms with van der Waals surface area (Å²) in [5, 5.41) is 21.2. The zero-order chi connectivity index (χ0) is 15.0. The highest BCUT2D eigenvalue weighted by Crippen LogP contribution is 2.43. The molecule has 0 unspecified atom stereocenters. The van der Waals surface area contributed by atoms with Crippen molar-refractivity contribution in [1.82, 2.24) is 20.2 Å². The lowest BCUT2D eigenvalue weighted by Crippen LogP contribution is -2.42. The predicted molar refractivity (Wildman–Crippen MR) is 87.6 cm³/mol. The van der Waals surface area contributed by atoms with E-state index in [0.717, 1.165) is 20.0 Å². The highest BCUT2D eigenvalue weighted by molar-refractivity contribution is 14.1. The standard InChI is InChI=1S/C13H12BrIN4O2/c14-8-2-3-10(15)9(6-8)11-16-17-18-19(11)7-13(12(20)21)4-1-5-13/h2-3,6H,1,4-5,7H2,(H,20,21). The number of rotatable bonds is 4. The van der Waals surface area contributed by atoms with Gasteiger partial charge in [0.15, 0.2) is 5.82 Å². The molecule has 0 spiro atoms. The first-order chi connectivity index (χ1) is 10.0. The van der Waals surface area contributed by atoms with Crippen molar-refractivity contribution >= 4 is 44.5 Å². The largest absolute Gasteiger partial charge is 0.481 e. The predicted octanol–water partition coefficient (Wildman–Crippen LogP) is 2.96. The zero-order valence-electron chi connectivity index (χ0n) is 11.0. The van der Waals surface area contributed by atoms with E-state index >= 15 is 0 Å². The summed E-state index contributed by atoms with van der Waals surface area (Å²) in [4.78, 5) is 11.5. The highest BCUT2D eigenvalue weighted by Gasteiger charge is 2.45. The Hall–Kier alpha value is -1.03. The van der Waals surface area contributed by atoms with Crippen LogP contribution in [0, 0.1) is 8.99 Å². The van der Waals surface area contributed by atoms with Crippen molar-refractivity contribution in [2.75, 3.05) is 0 Å². The van der Waals surface area contributed by atoms with Gasteiger partial charge in [0, 0.05) is 13.6 Å². The number of aromatic nitrogens is 4. The summed E-state index contributed by atoms with van der Waals surface area (Å²) in [6.07, 6.45) is 2.30. The average molecular weight is 463 g/mol. The van der Waals surface area contributed by atoms with E-state index in [0.29, 0.717) is 25.2 Å². The molecule has 1 aliphatic carbocycles. The van der Waals surface area contributed by atoms with Gasteiger partial charge in [-0.15, -0.1) is 5.10 Å². The molecule has 1 heterocycles. The molecule has 21 heavy (non-hydrogen) atoms. The molecule has 0 radical (unpaired) electrons. The number of carboxylic acids is 1. The van der Waals surface area contributed by atoms with Gasteiger partial charge in [-0.3, -0.25) is 4.79 Å². The smallest absolute Gasteiger partial charge is 0.311 e. The van der Waals surface area contributed by atoms with Crippen LogP contribution in [-0.4, -0.2) is 31.3 Å². The van der Waals surface area contributed by atoms with Crippen molar-refractivity contribution in [3.05, 3.63) is 26.2 Å². The quantitative estimate of drug-likeness (QED) is 0.706. The van der Waals surface area contributed by atoms with E-state index < -0.39 is 11.4 Å². The average Bonchev–Trinajstić information content (AvgIpc) is 2.84. The first kappa shape index (κ1) is 14.9. The maximum atomic E-state index is 11.5. The number of halogens is 2. The van der Waals surface area contributed by atoms with E-state index in [1.807, 2.05) is 18.2 Å². The Morgan fingerprint density at radius 1 is 1.48 bits per heavy atom. The van der Waals surface area contributed by atoms with Crippen LogP contribution in [0.2, 0.25) is 0 Å². The molecule has 2 aromatic rings. The molecule has 1 N–H and O–H groups in total. The van der Waals surface area contributed by atoms with Gasteiger partial charge < -0.3 is 5.11 Å². The van der Waals surface area contributed by atoms with E-state index in [1.165, 1.54) is 0 Å². The van der Waals surface area contributed by atoms with Crippen LogP contribution in [0.15, 0.2) is 22.7 Å². The van der Waals surface area contributed by atoms with E-state index in [9.17, 15) is 9.90 Å². The maximum Gasteiger partial charge on any atom is 0.311 e. The van der Waals surface area contributed by atoms with Crippen LogP contribution in [0.1, 0.15) is 19.3 Å². The van der Waals surface area contributed by atoms with Gasteiger partial charge in [-0.25, -0.2) is 4.68 Å². The van der Waals surface area contributed by atoms with Crippen molar-refractivity contribution < 1.29 is 9.90 Å². The van der Waals surface area contributed by atoms with Crippen LogP contribution >= 0.6 is 38.5 Å². The number of tetrazole rings is 1. The molecule has 1 aliphatic rings. The van der Waals surface area contributed by atoms with Gasteiger partial charge in [0.2, 0.25) is 0 Å². The van der Waals surface area contributed by atoms with Crippen molar-refractivity contribution in [3.8, 4) is 11.4 Å². The van der Waals surface area contributed by atoms with Crippen molar-refractivity contribution in [2.45, 2.75) is 25.8 Å². The van der Waals surface area contributed by atoms with Crippen LogP contribution in [-0.2, 0) is 11.3 Å². The Morgan fingerprint density at radius 3 is 2.86 bits per heavy atom. The molecule has 0 bridgehead atoms. The van der Waals surface area contributed by atoms with Crippen molar-refractivity contribution in [1.29, 1.82) is 0 Å². The summed E-state index contributed by atoms with van der Waals surface area (Å²) in [7, 11) is 0. The topological polar surface area (TPSA) is 80.9 Å². The number of hydrogen-bond donors (Lipinski definition) is 1. The fourth-order valence-corrected chi connectivity index (χ4v) is 3.44. The Bertz CT molecular complexity index is 699. The second-order valence-corrected chi connectivity index (χ2v) is 7.30. The third-order valence-corrected chi connectivity index (χ3v) is 5.35. The van der Waals surface area contributed by atoms with Crippen LogP contribution < -0.4 is 0 Å². The number of aliphatic carboxylic acids is 1. The molecule has 0 aliphatic heterocycles. The zero-order valence-corrected chi connectivity index (χ0v) is 14.7. The monoisotopic (exact) mass is 462 g/mol. The molecule has 1 saturated carbocycles. The van der Waals surface area contributed by atoms with Crippen LogP contribution in [0.3, 0.4) is 0 Å². The number of hydrogen-bond acceptors (Lipinski definition) is 4. The molecule has 1 aromatic carbocycles. The van der Waals surface area contributed by atoms with Gasteiger partial charge in [-0.05, 0) is 64.1 Å². The second kappa shape index (κ2) is 5.64. The molecule has 110 valence electrons. The minimum atomic E-state index is -0.765. The van der Waals surface area contributed by atoms with Gasteiger partial charge in [0.05, 0.1) is 12.0 Å². The number of benzene rings is 1. The van der Waals surface area contributed by atoms with E-state index in [2.05, 4.69) is 54.0 Å². The Balaban J connectivity index is 1.98. The molecule has 0 saturated heterocycles. The summed E-state index contributed by atoms with van der Waals surface area (Å²) in [6.45, 7) is 0.313. The maximum absolute atomic E-state index is 11.5. The van der Waals surface area contributed by atoms with E-state index in [-0.39, 0.29) is 0 Å². The van der Waals surface area contributed by atoms with Crippen molar-refractivity contribution in [2.24, 2.45) is 5.41 Å². The minimum absolute atomic E-state index is 0.313. The Kier molecular flexibility index (Phi) is 4.00. The molecule has 6 nitrogen and oxygen atoms in total. The Labute approximate surface area is 143 Å². The number of carbonyl (C=O) groups is 1. The van der Waals surface area contributed by atoms with Crippen LogP contribution in [0.25, 0.3) is 11.4 Å². The second-order valence-electron chi connectivity index (χ2n) is 5.22. The molecule has 0 amide bonds. The summed E-state index contributed by atoms with van der Waals surface area (Å²) in [5.74, 6) is -0.160. The van der Waals surface area contributed by atoms with Crippen molar-refractivity contribution in [3.63, 3.8) is 0 Å². The lowest BCUT2D eigenvalue weighted by atomic mass is 9.69. The van der Waals surface area contributed by atoms with E-state index in [4.69, 9.17) is 0 Å². The summed E-state index contributed by atoms with van der Waals surface area (Å²) < 4.78 is 3.56. The van der Waals surface area contributed by atoms with E-state index in [1.54, 1.807) is 4.68 Å². The third kappa shape index (κ3) is 2.70. The van der Waals surface area contributed by atoms with Crippen LogP contribution in [0.4, 0.5) is 0 Å². The molecule has 3 rings (SSSR count). The summed E-state index contributed by atoms with van der Waals surface area (Å²) in [6, 6.07) is 5.86. The number of nitrogens with zero attached hydrogens (tertiary/aromatic N) is 4. The molecular weight excluding hydrogens is 451 g/mol. The minimum Gasteiger partial charge on any atom is -0.481 e. The molecule has 1 aromatic heterocycles. The van der Waals surface area contributed by atoms with Gasteiger partial charge in [0.25, 0.3) is 0 Å². The van der Waals surface area contributed by atoms with Gasteiger partial charge >= 0.3 is 5.97 Å². The third-order valence-electron chi connectivity index (χ3n) is 3.92. The first-order valence-electron chi connectivity index (χ1n) is 6.47. The Morgan fingerprint density at radius 2 is 2.24 bits per heavy atom. The highest BCUT2D eigenvalue weighted by atomic mass is 127.